The molecule has 0 bridgehead atoms. The fourth-order valence-electron chi connectivity index (χ4n) is 4.96. The molecule has 12 nitrogen and oxygen atoms in total. The molecule has 3 aromatic carbocycles. The van der Waals surface area contributed by atoms with E-state index in [0.29, 0.717) is 5.08 Å². The van der Waals surface area contributed by atoms with Crippen molar-refractivity contribution in [3.8, 4) is 5.75 Å². The molecule has 1 aliphatic rings. The lowest BCUT2D eigenvalue weighted by Crippen LogP contribution is -2.60. The second-order valence-corrected chi connectivity index (χ2v) is 13.8. The van der Waals surface area contributed by atoms with Crippen LogP contribution in [-0.4, -0.2) is 81.4 Å². The second kappa shape index (κ2) is 18.1. The molecule has 9 N–H and O–H groups in total. The van der Waals surface area contributed by atoms with E-state index in [0.717, 1.165) is 16.7 Å². The van der Waals surface area contributed by atoms with Gasteiger partial charge >= 0.3 is 0 Å². The smallest absolute Gasteiger partial charge is 0.244 e. The number of phenols is 1. The minimum absolute atomic E-state index is 0.0848. The van der Waals surface area contributed by atoms with Crippen LogP contribution >= 0.6 is 23.5 Å². The lowest BCUT2D eigenvalue weighted by atomic mass is 10.0. The van der Waals surface area contributed by atoms with Gasteiger partial charge in [-0.2, -0.15) is 0 Å². The molecule has 3 aromatic rings. The average molecular weight is 693 g/mol. The average Bonchev–Trinajstić information content (AvgIpc) is 3.07. The number of rotatable bonds is 9. The second-order valence-electron chi connectivity index (χ2n) is 11.4. The van der Waals surface area contributed by atoms with Crippen molar-refractivity contribution < 1.29 is 29.1 Å². The van der Waals surface area contributed by atoms with Crippen LogP contribution in [0.3, 0.4) is 0 Å². The summed E-state index contributed by atoms with van der Waals surface area (Å²) in [5.74, 6) is -2.70. The van der Waals surface area contributed by atoms with Crippen LogP contribution < -0.4 is 32.7 Å². The molecule has 48 heavy (non-hydrogen) atoms. The number of benzene rings is 3. The molecule has 0 radical (unpaired) electrons. The Morgan fingerprint density at radius 3 is 1.83 bits per heavy atom. The topological polar surface area (TPSA) is 206 Å². The highest BCUT2D eigenvalue weighted by atomic mass is 32.2. The third-order valence-electron chi connectivity index (χ3n) is 7.59. The van der Waals surface area contributed by atoms with Crippen molar-refractivity contribution in [3.05, 3.63) is 102 Å². The summed E-state index contributed by atoms with van der Waals surface area (Å²) in [7, 11) is 0. The molecule has 1 fully saturated rings. The van der Waals surface area contributed by atoms with Gasteiger partial charge in [0.15, 0.2) is 0 Å². The lowest BCUT2D eigenvalue weighted by molar-refractivity contribution is -0.134. The third-order valence-corrected chi connectivity index (χ3v) is 10.1. The van der Waals surface area contributed by atoms with Crippen molar-refractivity contribution >= 4 is 53.1 Å². The highest BCUT2D eigenvalue weighted by Crippen LogP contribution is 2.17. The summed E-state index contributed by atoms with van der Waals surface area (Å²) in [4.78, 5) is 66.7. The van der Waals surface area contributed by atoms with Crippen molar-refractivity contribution in [1.82, 2.24) is 21.3 Å². The van der Waals surface area contributed by atoms with Gasteiger partial charge in [0, 0.05) is 29.4 Å². The van der Waals surface area contributed by atoms with E-state index in [1.165, 1.54) is 35.7 Å². The molecule has 0 spiro atoms. The van der Waals surface area contributed by atoms with E-state index in [9.17, 15) is 29.1 Å². The first-order valence-corrected chi connectivity index (χ1v) is 17.7. The molecule has 1 aliphatic heterocycles. The number of carbonyl (C=O) groups is 5. The number of nitrogens with two attached hydrogens (primary N) is 2. The number of thioether (sulfide) groups is 2. The standard InChI is InChI=1S/C34H40N6O6S2/c35-25(15-23-11-13-24(41)14-12-23)31(43)40-29-19-48-20-47-18-28(30(36)42)39-33(45)27(17-22-9-5-2-6-10-22)37-32(44)26(38-34(29)46)16-21-7-3-1-4-8-21/h1-14,25-29,41H,15-20,35H2,(H2,36,42)(H,37,44)(H,38,46)(H,39,45)(H,40,43)/t25-,26-,27-,28+,29+/m0/s1. The first-order valence-electron chi connectivity index (χ1n) is 15.4. The van der Waals surface area contributed by atoms with Crippen LogP contribution in [0.5, 0.6) is 5.75 Å². The van der Waals surface area contributed by atoms with Gasteiger partial charge in [-0.05, 0) is 35.2 Å². The van der Waals surface area contributed by atoms with Gasteiger partial charge in [0.2, 0.25) is 29.5 Å². The Morgan fingerprint density at radius 2 is 1.27 bits per heavy atom. The van der Waals surface area contributed by atoms with E-state index >= 15 is 0 Å². The van der Waals surface area contributed by atoms with Gasteiger partial charge < -0.3 is 37.8 Å². The zero-order valence-electron chi connectivity index (χ0n) is 26.2. The molecule has 0 unspecified atom stereocenters. The number of primary amides is 1. The summed E-state index contributed by atoms with van der Waals surface area (Å²) in [5, 5.41) is 21.0. The number of hydrogen-bond acceptors (Lipinski definition) is 9. The summed E-state index contributed by atoms with van der Waals surface area (Å²) in [6.07, 6.45) is 0.392. The predicted octanol–water partition coefficient (Wildman–Crippen LogP) is 0.609. The van der Waals surface area contributed by atoms with Crippen molar-refractivity contribution in [1.29, 1.82) is 0 Å². The molecule has 1 saturated heterocycles. The van der Waals surface area contributed by atoms with Crippen LogP contribution in [0.25, 0.3) is 0 Å². The summed E-state index contributed by atoms with van der Waals surface area (Å²) >= 11 is 2.67. The van der Waals surface area contributed by atoms with E-state index in [1.807, 2.05) is 60.7 Å². The zero-order chi connectivity index (χ0) is 34.5. The Hall–Kier alpha value is -4.53. The van der Waals surface area contributed by atoms with Crippen LogP contribution in [0.1, 0.15) is 16.7 Å². The van der Waals surface area contributed by atoms with Crippen LogP contribution in [-0.2, 0) is 43.2 Å². The third kappa shape index (κ3) is 11.3. The zero-order valence-corrected chi connectivity index (χ0v) is 27.8. The lowest BCUT2D eigenvalue weighted by Gasteiger charge is -2.26. The van der Waals surface area contributed by atoms with Gasteiger partial charge in [-0.25, -0.2) is 0 Å². The molecule has 5 amide bonds. The Balaban J connectivity index is 1.60. The van der Waals surface area contributed by atoms with Crippen LogP contribution in [0.4, 0.5) is 0 Å². The Bertz CT molecular complexity index is 1550. The summed E-state index contributed by atoms with van der Waals surface area (Å²) in [6.45, 7) is 0. The van der Waals surface area contributed by atoms with Gasteiger partial charge in [-0.15, -0.1) is 23.5 Å². The SMILES string of the molecule is NC(=O)[C@H]1CSCSC[C@@H](NC(=O)[C@@H](N)Cc2ccc(O)cc2)C(=O)N[C@@H](Cc2ccccc2)C(=O)N[C@@H](Cc2ccccc2)C(=O)N1. The van der Waals surface area contributed by atoms with Gasteiger partial charge in [-0.3, -0.25) is 24.0 Å². The van der Waals surface area contributed by atoms with E-state index in [4.69, 9.17) is 11.5 Å². The number of aromatic hydroxyl groups is 1. The maximum atomic E-state index is 13.9. The summed E-state index contributed by atoms with van der Waals surface area (Å²) < 4.78 is 0. The van der Waals surface area contributed by atoms with Gasteiger partial charge in [0.05, 0.1) is 6.04 Å². The number of carbonyl (C=O) groups excluding carboxylic acids is 5. The number of phenolic OH excluding ortho intramolecular Hbond substituents is 1. The van der Waals surface area contributed by atoms with Crippen LogP contribution in [0.2, 0.25) is 0 Å². The van der Waals surface area contributed by atoms with Crippen molar-refractivity contribution in [2.75, 3.05) is 16.6 Å². The maximum Gasteiger partial charge on any atom is 0.244 e. The molecule has 1 heterocycles. The molecule has 0 aromatic heterocycles. The molecule has 0 aliphatic carbocycles. The Kier molecular flexibility index (Phi) is 13.7. The molecule has 0 saturated carbocycles. The van der Waals surface area contributed by atoms with Gasteiger partial charge in [-0.1, -0.05) is 72.8 Å². The van der Waals surface area contributed by atoms with E-state index < -0.39 is 59.7 Å². The molecule has 254 valence electrons. The maximum absolute atomic E-state index is 13.9. The summed E-state index contributed by atoms with van der Waals surface area (Å²) in [6, 6.07) is 19.2. The van der Waals surface area contributed by atoms with E-state index in [1.54, 1.807) is 12.1 Å². The number of hydrogen-bond donors (Lipinski definition) is 7. The molecule has 4 rings (SSSR count). The number of nitrogens with one attached hydrogen (secondary N) is 4. The molecule has 5 atom stereocenters. The quantitative estimate of drug-likeness (QED) is 0.168. The number of amides is 5. The monoisotopic (exact) mass is 692 g/mol. The minimum Gasteiger partial charge on any atom is -0.508 e. The Morgan fingerprint density at radius 1 is 0.750 bits per heavy atom. The first-order chi connectivity index (χ1) is 23.1. The van der Waals surface area contributed by atoms with E-state index in [-0.39, 0.29) is 36.5 Å². The largest absolute Gasteiger partial charge is 0.508 e. The van der Waals surface area contributed by atoms with Crippen molar-refractivity contribution in [3.63, 3.8) is 0 Å². The fraction of sp³-hybridized carbons (Fsp3) is 0.324. The first kappa shape index (κ1) is 36.3. The highest BCUT2D eigenvalue weighted by Gasteiger charge is 2.32. The van der Waals surface area contributed by atoms with Crippen LogP contribution in [0.15, 0.2) is 84.9 Å². The predicted molar refractivity (Wildman–Crippen MR) is 187 cm³/mol. The fourth-order valence-corrected chi connectivity index (χ4v) is 7.16. The van der Waals surface area contributed by atoms with Gasteiger partial charge in [0.1, 0.15) is 29.9 Å². The molecular formula is C34H40N6O6S2. The summed E-state index contributed by atoms with van der Waals surface area (Å²) in [5.41, 5.74) is 14.1. The molecule has 14 heteroatoms. The van der Waals surface area contributed by atoms with Gasteiger partial charge in [0.25, 0.3) is 0 Å². The normalized spacial score (nSPS) is 21.7. The van der Waals surface area contributed by atoms with E-state index in [2.05, 4.69) is 21.3 Å². The molecular weight excluding hydrogens is 653 g/mol. The highest BCUT2D eigenvalue weighted by molar-refractivity contribution is 8.16. The minimum atomic E-state index is -1.12. The van der Waals surface area contributed by atoms with Crippen molar-refractivity contribution in [2.24, 2.45) is 11.5 Å². The van der Waals surface area contributed by atoms with Crippen molar-refractivity contribution in [2.45, 2.75) is 49.5 Å². The Labute approximate surface area is 287 Å². The van der Waals surface area contributed by atoms with Crippen LogP contribution in [0, 0.1) is 0 Å².